The van der Waals surface area contributed by atoms with Gasteiger partial charge in [0.2, 0.25) is 0 Å². The van der Waals surface area contributed by atoms with Crippen LogP contribution in [-0.4, -0.2) is 17.1 Å². The summed E-state index contributed by atoms with van der Waals surface area (Å²) in [5.74, 6) is -2.27. The lowest BCUT2D eigenvalue weighted by atomic mass is 9.91. The number of pyridine rings is 1. The van der Waals surface area contributed by atoms with Crippen molar-refractivity contribution in [1.29, 1.82) is 0 Å². The Bertz CT molecular complexity index is 1060. The number of hydrogen-bond acceptors (Lipinski definition) is 3. The molecule has 0 N–H and O–H groups in total. The summed E-state index contributed by atoms with van der Waals surface area (Å²) in [6.07, 6.45) is -2.83. The van der Waals surface area contributed by atoms with Gasteiger partial charge in [-0.2, -0.15) is 13.2 Å². The summed E-state index contributed by atoms with van der Waals surface area (Å²) < 4.78 is 42.8. The quantitative estimate of drug-likeness (QED) is 0.747. The number of aryl methyl sites for hydroxylation is 1. The van der Waals surface area contributed by atoms with Crippen LogP contribution in [0.4, 0.5) is 13.2 Å². The molecule has 0 saturated carbocycles. The standard InChI is InChI=1S/C19H12F3NO2/c1-10-6-7-11-8-14-12-4-2-3-5-13(12)17(15(14)9-16(11)23-10)25-18(24)19(20,21)22/h2-7,9H,8H2,1H3. The van der Waals surface area contributed by atoms with E-state index in [4.69, 9.17) is 4.74 Å². The van der Waals surface area contributed by atoms with Crippen molar-refractivity contribution in [3.05, 3.63) is 69.4 Å². The van der Waals surface area contributed by atoms with E-state index in [1.165, 1.54) is 0 Å². The molecule has 3 nitrogen and oxygen atoms in total. The second-order valence-corrected chi connectivity index (χ2v) is 5.97. The average molecular weight is 343 g/mol. The number of aromatic nitrogens is 1. The number of rotatable bonds is 1. The molecule has 2 aliphatic rings. The predicted molar refractivity (Wildman–Crippen MR) is 85.3 cm³/mol. The van der Waals surface area contributed by atoms with Crippen molar-refractivity contribution in [3.8, 4) is 0 Å². The van der Waals surface area contributed by atoms with Gasteiger partial charge in [-0.3, -0.25) is 4.98 Å². The fourth-order valence-corrected chi connectivity index (χ4v) is 3.18. The summed E-state index contributed by atoms with van der Waals surface area (Å²) in [4.78, 5) is 15.8. The highest BCUT2D eigenvalue weighted by Gasteiger charge is 2.43. The monoisotopic (exact) mass is 343 g/mol. The summed E-state index contributed by atoms with van der Waals surface area (Å²) in [6, 6.07) is 10.8. The average Bonchev–Trinajstić information content (AvgIpc) is 2.86. The second-order valence-electron chi connectivity index (χ2n) is 5.97. The molecule has 0 saturated heterocycles. The maximum absolute atomic E-state index is 12.7. The summed E-state index contributed by atoms with van der Waals surface area (Å²) in [5, 5.41) is 1.27. The van der Waals surface area contributed by atoms with E-state index in [1.807, 2.05) is 25.1 Å². The molecule has 0 bridgehead atoms. The Kier molecular flexibility index (Phi) is 3.32. The molecule has 6 heteroatoms. The van der Waals surface area contributed by atoms with Gasteiger partial charge in [0.25, 0.3) is 0 Å². The van der Waals surface area contributed by atoms with Crippen LogP contribution in [0.2, 0.25) is 0 Å². The molecular weight excluding hydrogens is 331 g/mol. The van der Waals surface area contributed by atoms with Gasteiger partial charge in [0.15, 0.2) is 0 Å². The third-order valence-corrected chi connectivity index (χ3v) is 4.29. The highest BCUT2D eigenvalue weighted by Crippen LogP contribution is 2.35. The molecule has 2 aromatic rings. The molecule has 4 rings (SSSR count). The molecule has 25 heavy (non-hydrogen) atoms. The Labute approximate surface area is 140 Å². The molecule has 126 valence electrons. The lowest BCUT2D eigenvalue weighted by molar-refractivity contribution is -0.192. The minimum atomic E-state index is -5.05. The number of esters is 1. The van der Waals surface area contributed by atoms with Crippen molar-refractivity contribution in [1.82, 2.24) is 4.98 Å². The number of ether oxygens (including phenoxy) is 1. The van der Waals surface area contributed by atoms with Crippen molar-refractivity contribution >= 4 is 23.4 Å². The number of hydrogen-bond donors (Lipinski definition) is 0. The normalized spacial score (nSPS) is 15.3. The molecule has 0 unspecified atom stereocenters. The van der Waals surface area contributed by atoms with Gasteiger partial charge in [-0.25, -0.2) is 4.79 Å². The first-order chi connectivity index (χ1) is 11.8. The van der Waals surface area contributed by atoms with Crippen molar-refractivity contribution in [2.24, 2.45) is 0 Å². The van der Waals surface area contributed by atoms with E-state index < -0.39 is 12.1 Å². The highest BCUT2D eigenvalue weighted by molar-refractivity contribution is 5.98. The topological polar surface area (TPSA) is 39.2 Å². The summed E-state index contributed by atoms with van der Waals surface area (Å²) in [6.45, 7) is 1.84. The van der Waals surface area contributed by atoms with Crippen molar-refractivity contribution < 1.29 is 22.7 Å². The molecule has 0 amide bonds. The van der Waals surface area contributed by atoms with E-state index in [2.05, 4.69) is 4.98 Å². The number of carbonyl (C=O) groups excluding carboxylic acids is 1. The molecule has 0 atom stereocenters. The van der Waals surface area contributed by atoms with E-state index in [9.17, 15) is 18.0 Å². The minimum absolute atomic E-state index is 0.0538. The van der Waals surface area contributed by atoms with Gasteiger partial charge >= 0.3 is 12.1 Å². The largest absolute Gasteiger partial charge is 0.491 e. The summed E-state index contributed by atoms with van der Waals surface area (Å²) in [5.41, 5.74) is 3.82. The van der Waals surface area contributed by atoms with Crippen LogP contribution >= 0.6 is 0 Å². The van der Waals surface area contributed by atoms with Crippen LogP contribution in [0.15, 0.2) is 42.0 Å². The van der Waals surface area contributed by atoms with Crippen LogP contribution in [0.5, 0.6) is 0 Å². The van der Waals surface area contributed by atoms with Gasteiger partial charge in [-0.05, 0) is 35.4 Å². The zero-order chi connectivity index (χ0) is 17.8. The van der Waals surface area contributed by atoms with E-state index in [-0.39, 0.29) is 5.76 Å². The van der Waals surface area contributed by atoms with Gasteiger partial charge in [-0.15, -0.1) is 0 Å². The Balaban J connectivity index is 1.93. The smallest absolute Gasteiger partial charge is 0.419 e. The van der Waals surface area contributed by atoms with Crippen LogP contribution < -0.4 is 10.4 Å². The Morgan fingerprint density at radius 2 is 1.84 bits per heavy atom. The third-order valence-electron chi connectivity index (χ3n) is 4.29. The van der Waals surface area contributed by atoms with E-state index in [1.54, 1.807) is 24.3 Å². The predicted octanol–water partition coefficient (Wildman–Crippen LogP) is 2.41. The van der Waals surface area contributed by atoms with Crippen LogP contribution in [0.3, 0.4) is 0 Å². The van der Waals surface area contributed by atoms with Gasteiger partial charge in [0.05, 0.1) is 5.69 Å². The van der Waals surface area contributed by atoms with Crippen molar-refractivity contribution in [2.75, 3.05) is 0 Å². The number of alkyl halides is 3. The first-order valence-corrected chi connectivity index (χ1v) is 7.65. The van der Waals surface area contributed by atoms with Crippen molar-refractivity contribution in [2.45, 2.75) is 19.5 Å². The molecule has 1 heterocycles. The minimum Gasteiger partial charge on any atom is -0.419 e. The van der Waals surface area contributed by atoms with Crippen LogP contribution in [0, 0.1) is 6.92 Å². The fourth-order valence-electron chi connectivity index (χ4n) is 3.18. The third kappa shape index (κ3) is 2.54. The zero-order valence-corrected chi connectivity index (χ0v) is 13.1. The number of halogens is 3. The molecule has 1 aromatic carbocycles. The maximum Gasteiger partial charge on any atom is 0.491 e. The van der Waals surface area contributed by atoms with Gasteiger partial charge in [0.1, 0.15) is 5.76 Å². The lowest BCUT2D eigenvalue weighted by Crippen LogP contribution is -2.28. The summed E-state index contributed by atoms with van der Waals surface area (Å²) >= 11 is 0. The van der Waals surface area contributed by atoms with E-state index in [0.29, 0.717) is 22.9 Å². The Morgan fingerprint density at radius 3 is 2.56 bits per heavy atom. The molecular formula is C19H12F3NO2. The number of carbonyl (C=O) groups is 1. The highest BCUT2D eigenvalue weighted by atomic mass is 19.4. The molecule has 0 spiro atoms. The number of nitrogens with zero attached hydrogens (tertiary/aromatic N) is 1. The molecule has 1 aromatic heterocycles. The van der Waals surface area contributed by atoms with E-state index >= 15 is 0 Å². The lowest BCUT2D eigenvalue weighted by Gasteiger charge is -2.18. The number of benzene rings is 1. The second kappa shape index (κ2) is 5.31. The van der Waals surface area contributed by atoms with Crippen LogP contribution in [0.1, 0.15) is 17.0 Å². The Morgan fingerprint density at radius 1 is 1.12 bits per heavy atom. The van der Waals surface area contributed by atoms with Gasteiger partial charge in [0, 0.05) is 22.9 Å². The van der Waals surface area contributed by atoms with Gasteiger partial charge in [-0.1, -0.05) is 30.3 Å². The summed E-state index contributed by atoms with van der Waals surface area (Å²) in [7, 11) is 0. The van der Waals surface area contributed by atoms with Gasteiger partial charge < -0.3 is 4.74 Å². The first-order valence-electron chi connectivity index (χ1n) is 7.65. The maximum atomic E-state index is 12.7. The number of fused-ring (bicyclic) bond motifs is 3. The molecule has 2 aliphatic carbocycles. The van der Waals surface area contributed by atoms with Crippen LogP contribution in [-0.2, 0) is 16.0 Å². The van der Waals surface area contributed by atoms with E-state index in [0.717, 1.165) is 22.0 Å². The first kappa shape index (κ1) is 15.6. The zero-order valence-electron chi connectivity index (χ0n) is 13.1. The molecule has 0 radical (unpaired) electrons. The molecule has 0 fully saturated rings. The fraction of sp³-hybridized carbons (Fsp3) is 0.158. The molecule has 0 aliphatic heterocycles. The van der Waals surface area contributed by atoms with Crippen molar-refractivity contribution in [3.63, 3.8) is 0 Å². The van der Waals surface area contributed by atoms with Crippen LogP contribution in [0.25, 0.3) is 17.4 Å². The SMILES string of the molecule is Cc1ccc2c(n1)C=C1C(=c3ccccc3=C1OC(=O)C(F)(F)F)C2. The Hall–Kier alpha value is -2.89.